The van der Waals surface area contributed by atoms with Crippen molar-refractivity contribution in [1.29, 1.82) is 5.41 Å². The number of fused-ring (bicyclic) bond motifs is 2. The van der Waals surface area contributed by atoms with Gasteiger partial charge in [-0.2, -0.15) is 13.2 Å². The number of halogens is 3. The molecule has 0 bridgehead atoms. The van der Waals surface area contributed by atoms with Crippen molar-refractivity contribution in [3.05, 3.63) is 82.4 Å². The van der Waals surface area contributed by atoms with Crippen LogP contribution in [-0.2, 0) is 20.2 Å². The molecular weight excluding hydrogens is 605 g/mol. The third-order valence-corrected chi connectivity index (χ3v) is 9.13. The molecular formula is C33H35F3N4O4S. The molecule has 1 aliphatic carbocycles. The maximum absolute atomic E-state index is 13.7. The fourth-order valence-electron chi connectivity index (χ4n) is 5.35. The van der Waals surface area contributed by atoms with Crippen LogP contribution < -0.4 is 15.2 Å². The van der Waals surface area contributed by atoms with Crippen molar-refractivity contribution < 1.29 is 31.1 Å². The number of ether oxygens (including phenoxy) is 2. The van der Waals surface area contributed by atoms with E-state index in [1.54, 1.807) is 6.07 Å². The second kappa shape index (κ2) is 12.1. The zero-order chi connectivity index (χ0) is 32.7. The van der Waals surface area contributed by atoms with E-state index in [1.807, 2.05) is 39.8 Å². The van der Waals surface area contributed by atoms with Gasteiger partial charge in [0.2, 0.25) is 10.0 Å². The quantitative estimate of drug-likeness (QED) is 0.207. The van der Waals surface area contributed by atoms with Crippen molar-refractivity contribution in [3.63, 3.8) is 0 Å². The number of nitrogens with one attached hydrogen (secondary N) is 2. The summed E-state index contributed by atoms with van der Waals surface area (Å²) in [4.78, 5) is 4.19. The highest BCUT2D eigenvalue weighted by Crippen LogP contribution is 2.46. The van der Waals surface area contributed by atoms with Crippen LogP contribution in [0.5, 0.6) is 11.5 Å². The second-order valence-corrected chi connectivity index (χ2v) is 13.7. The molecule has 0 fully saturated rings. The van der Waals surface area contributed by atoms with Crippen molar-refractivity contribution in [2.24, 2.45) is 10.7 Å². The summed E-state index contributed by atoms with van der Waals surface area (Å²) in [5.41, 5.74) is 7.68. The Kier molecular flexibility index (Phi) is 8.69. The number of nitrogens with zero attached hydrogens (tertiary/aromatic N) is 1. The Morgan fingerprint density at radius 3 is 2.40 bits per heavy atom. The van der Waals surface area contributed by atoms with Crippen LogP contribution >= 0.6 is 0 Å². The molecule has 1 aliphatic heterocycles. The minimum Gasteiger partial charge on any atom is -0.457 e. The normalized spacial score (nSPS) is 15.3. The molecule has 0 radical (unpaired) electrons. The number of alkyl halides is 3. The lowest BCUT2D eigenvalue weighted by Crippen LogP contribution is -2.25. The van der Waals surface area contributed by atoms with Gasteiger partial charge in [0.05, 0.1) is 10.5 Å². The molecule has 0 unspecified atom stereocenters. The molecule has 4 N–H and O–H groups in total. The molecule has 0 amide bonds. The lowest BCUT2D eigenvalue weighted by molar-refractivity contribution is -0.0880. The van der Waals surface area contributed by atoms with Gasteiger partial charge in [0.1, 0.15) is 17.3 Å². The summed E-state index contributed by atoms with van der Waals surface area (Å²) < 4.78 is 80.9. The van der Waals surface area contributed by atoms with Crippen LogP contribution in [-0.4, -0.2) is 46.0 Å². The van der Waals surface area contributed by atoms with Crippen molar-refractivity contribution in [1.82, 2.24) is 4.72 Å². The number of hydrogen-bond donors (Lipinski definition) is 3. The number of rotatable bonds is 10. The maximum Gasteiger partial charge on any atom is 0.416 e. The number of benzene rings is 3. The van der Waals surface area contributed by atoms with E-state index >= 15 is 0 Å². The number of allylic oxidation sites excluding steroid dienone is 4. The molecule has 1 heterocycles. The summed E-state index contributed by atoms with van der Waals surface area (Å²) in [6, 6.07) is 11.5. The molecule has 0 saturated heterocycles. The van der Waals surface area contributed by atoms with Crippen molar-refractivity contribution in [3.8, 4) is 11.5 Å². The topological polar surface area (TPSA) is 127 Å². The van der Waals surface area contributed by atoms with E-state index < -0.39 is 21.8 Å². The lowest BCUT2D eigenvalue weighted by atomic mass is 9.82. The molecule has 238 valence electrons. The summed E-state index contributed by atoms with van der Waals surface area (Å²) in [6.45, 7) is 9.16. The molecule has 12 heteroatoms. The summed E-state index contributed by atoms with van der Waals surface area (Å²) in [6.07, 6.45) is -1.76. The van der Waals surface area contributed by atoms with Crippen LogP contribution in [0.25, 0.3) is 16.3 Å². The Balaban J connectivity index is 1.61. The molecule has 2 aliphatic rings. The molecule has 0 aromatic heterocycles. The van der Waals surface area contributed by atoms with Gasteiger partial charge in [-0.3, -0.25) is 5.41 Å². The zero-order valence-electron chi connectivity index (χ0n) is 25.4. The van der Waals surface area contributed by atoms with E-state index in [2.05, 4.69) is 9.71 Å². The Hall–Kier alpha value is -4.00. The van der Waals surface area contributed by atoms with Crippen LogP contribution in [0.15, 0.2) is 70.1 Å². The van der Waals surface area contributed by atoms with Gasteiger partial charge in [-0.1, -0.05) is 32.9 Å². The van der Waals surface area contributed by atoms with E-state index in [-0.39, 0.29) is 34.9 Å². The lowest BCUT2D eigenvalue weighted by Gasteiger charge is -2.24. The van der Waals surface area contributed by atoms with Gasteiger partial charge in [0, 0.05) is 41.8 Å². The summed E-state index contributed by atoms with van der Waals surface area (Å²) in [7, 11) is -3.76. The van der Waals surface area contributed by atoms with Gasteiger partial charge in [0.25, 0.3) is 0 Å². The molecule has 0 atom stereocenters. The second-order valence-electron chi connectivity index (χ2n) is 11.9. The molecule has 3 aromatic carbocycles. The third-order valence-electron chi connectivity index (χ3n) is 7.65. The summed E-state index contributed by atoms with van der Waals surface area (Å²) >= 11 is 0. The van der Waals surface area contributed by atoms with Crippen molar-refractivity contribution in [2.45, 2.75) is 57.0 Å². The van der Waals surface area contributed by atoms with Gasteiger partial charge < -0.3 is 15.2 Å². The first-order valence-corrected chi connectivity index (χ1v) is 16.0. The first-order chi connectivity index (χ1) is 21.1. The van der Waals surface area contributed by atoms with E-state index in [0.717, 1.165) is 17.7 Å². The third kappa shape index (κ3) is 6.68. The van der Waals surface area contributed by atoms with Crippen LogP contribution in [0.1, 0.15) is 62.8 Å². The smallest absolute Gasteiger partial charge is 0.416 e. The highest BCUT2D eigenvalue weighted by atomic mass is 32.2. The van der Waals surface area contributed by atoms with Gasteiger partial charge in [-0.25, -0.2) is 18.1 Å². The summed E-state index contributed by atoms with van der Waals surface area (Å²) in [5.74, 6) is 0.656. The first kappa shape index (κ1) is 32.4. The average molecular weight is 641 g/mol. The monoisotopic (exact) mass is 640 g/mol. The highest BCUT2D eigenvalue weighted by molar-refractivity contribution is 7.89. The molecule has 45 heavy (non-hydrogen) atoms. The molecule has 8 nitrogen and oxygen atoms in total. The van der Waals surface area contributed by atoms with Crippen molar-refractivity contribution >= 4 is 38.0 Å². The fourth-order valence-corrected chi connectivity index (χ4v) is 6.42. The van der Waals surface area contributed by atoms with Gasteiger partial charge in [-0.05, 0) is 84.2 Å². The van der Waals surface area contributed by atoms with Crippen LogP contribution in [0.2, 0.25) is 0 Å². The van der Waals surface area contributed by atoms with Crippen molar-refractivity contribution in [2.75, 3.05) is 19.8 Å². The van der Waals surface area contributed by atoms with E-state index in [0.29, 0.717) is 64.2 Å². The molecule has 0 spiro atoms. The largest absolute Gasteiger partial charge is 0.457 e. The SMILES string of the molecule is CCOCCCNS(=O)(=O)c1ccc(Oc2cc(C(C)(C)C)cc3cc4c(c(C5=CC(C(F)(F)F)=CC5)c23)C(N)=NC4=N)cc1. The Bertz CT molecular complexity index is 1870. The molecule has 3 aromatic rings. The van der Waals surface area contributed by atoms with E-state index in [1.165, 1.54) is 24.3 Å². The summed E-state index contributed by atoms with van der Waals surface area (Å²) in [5, 5.41) is 9.59. The van der Waals surface area contributed by atoms with E-state index in [4.69, 9.17) is 20.6 Å². The Morgan fingerprint density at radius 2 is 1.78 bits per heavy atom. The van der Waals surface area contributed by atoms with Crippen LogP contribution in [0.3, 0.4) is 0 Å². The number of amidine groups is 2. The zero-order valence-corrected chi connectivity index (χ0v) is 26.2. The predicted molar refractivity (Wildman–Crippen MR) is 170 cm³/mol. The predicted octanol–water partition coefficient (Wildman–Crippen LogP) is 6.95. The minimum absolute atomic E-state index is 0.00555. The highest BCUT2D eigenvalue weighted by Gasteiger charge is 2.36. The molecule has 0 saturated carbocycles. The van der Waals surface area contributed by atoms with Crippen LogP contribution in [0, 0.1) is 5.41 Å². The van der Waals surface area contributed by atoms with Gasteiger partial charge >= 0.3 is 6.18 Å². The number of sulfonamides is 1. The molecule has 5 rings (SSSR count). The minimum atomic E-state index is -4.53. The Morgan fingerprint density at radius 1 is 1.07 bits per heavy atom. The number of aliphatic imine (C=N–C) groups is 1. The van der Waals surface area contributed by atoms with E-state index in [9.17, 15) is 21.6 Å². The van der Waals surface area contributed by atoms with Crippen LogP contribution in [0.4, 0.5) is 13.2 Å². The van der Waals surface area contributed by atoms with Gasteiger partial charge in [0.15, 0.2) is 5.84 Å². The standard InChI is InChI=1S/C33H35F3N4O4S/c1-5-43-14-6-13-39-45(41,42)24-11-9-23(10-12-24)44-26-18-22(32(2,3)4)16-20-17-25-29(31(38)40-30(25)37)28(27(20)26)19-7-8-21(15-19)33(34,35)36/h8-12,15-18,39H,5-7,13-14H2,1-4H3,(H3,37,38,40). The van der Waals surface area contributed by atoms with Gasteiger partial charge in [-0.15, -0.1) is 0 Å². The Labute approximate surface area is 260 Å². The number of nitrogens with two attached hydrogens (primary N) is 1. The first-order valence-electron chi connectivity index (χ1n) is 14.5. The average Bonchev–Trinajstić information content (AvgIpc) is 3.56. The fraction of sp³-hybridized carbons (Fsp3) is 0.333. The number of hydrogen-bond acceptors (Lipinski definition) is 6. The maximum atomic E-state index is 13.7.